The van der Waals surface area contributed by atoms with Gasteiger partial charge in [0.1, 0.15) is 0 Å². The Hall–Kier alpha value is -1.28. The van der Waals surface area contributed by atoms with Crippen LogP contribution in [-0.2, 0) is 11.2 Å². The van der Waals surface area contributed by atoms with E-state index in [0.717, 1.165) is 32.4 Å². The summed E-state index contributed by atoms with van der Waals surface area (Å²) >= 11 is 0. The van der Waals surface area contributed by atoms with Gasteiger partial charge in [0.15, 0.2) is 0 Å². The van der Waals surface area contributed by atoms with Gasteiger partial charge < -0.3 is 10.1 Å². The lowest BCUT2D eigenvalue weighted by Gasteiger charge is -2.25. The monoisotopic (exact) mass is 259 g/mol. The van der Waals surface area contributed by atoms with E-state index in [-0.39, 0.29) is 0 Å². The summed E-state index contributed by atoms with van der Waals surface area (Å²) in [7, 11) is 0. The maximum Gasteiger partial charge on any atom is 0.0876 e. The molecule has 2 rings (SSSR count). The molecule has 1 unspecified atom stereocenters. The number of hydrogen-bond donors (Lipinski definition) is 1. The van der Waals surface area contributed by atoms with E-state index in [1.807, 2.05) is 6.26 Å². The lowest BCUT2D eigenvalue weighted by Crippen LogP contribution is -2.34. The van der Waals surface area contributed by atoms with Crippen molar-refractivity contribution in [1.29, 1.82) is 0 Å². The molecule has 0 amide bonds. The first-order valence-corrected chi connectivity index (χ1v) is 7.30. The van der Waals surface area contributed by atoms with Crippen LogP contribution in [0.3, 0.4) is 0 Å². The minimum absolute atomic E-state index is 0.408. The van der Waals surface area contributed by atoms with Gasteiger partial charge in [-0.25, -0.2) is 0 Å². The van der Waals surface area contributed by atoms with E-state index in [4.69, 9.17) is 4.74 Å². The Labute approximate surface area is 116 Å². The van der Waals surface area contributed by atoms with E-state index >= 15 is 0 Å². The van der Waals surface area contributed by atoms with Crippen LogP contribution in [-0.4, -0.2) is 19.2 Å². The maximum atomic E-state index is 5.50. The normalized spacial score (nSPS) is 16.7. The minimum atomic E-state index is 0.408. The highest BCUT2D eigenvalue weighted by atomic mass is 16.5. The lowest BCUT2D eigenvalue weighted by molar-refractivity contribution is 0.219. The molecule has 0 aromatic heterocycles. The molecule has 0 spiro atoms. The molecule has 1 aromatic rings. The Balaban J connectivity index is 2.15. The minimum Gasteiger partial charge on any atom is -0.501 e. The van der Waals surface area contributed by atoms with E-state index in [1.165, 1.54) is 22.3 Å². The maximum absolute atomic E-state index is 5.50. The number of likely N-dealkylation sites (N-methyl/N-ethyl adjacent to an activating group) is 1. The molecule has 1 aliphatic heterocycles. The Morgan fingerprint density at radius 2 is 2.16 bits per heavy atom. The molecule has 0 saturated heterocycles. The average molecular weight is 259 g/mol. The van der Waals surface area contributed by atoms with Crippen molar-refractivity contribution >= 4 is 0 Å². The number of benzene rings is 1. The summed E-state index contributed by atoms with van der Waals surface area (Å²) in [5.41, 5.74) is 5.57. The van der Waals surface area contributed by atoms with E-state index in [0.29, 0.717) is 6.04 Å². The van der Waals surface area contributed by atoms with Gasteiger partial charge in [0, 0.05) is 6.04 Å². The molecular formula is C17H25NO. The van der Waals surface area contributed by atoms with Crippen molar-refractivity contribution in [3.8, 4) is 0 Å². The molecule has 0 radical (unpaired) electrons. The lowest BCUT2D eigenvalue weighted by atomic mass is 9.92. The topological polar surface area (TPSA) is 21.3 Å². The fourth-order valence-corrected chi connectivity index (χ4v) is 2.66. The summed E-state index contributed by atoms with van der Waals surface area (Å²) in [5, 5.41) is 3.60. The highest BCUT2D eigenvalue weighted by molar-refractivity contribution is 5.32. The van der Waals surface area contributed by atoms with Crippen LogP contribution in [0, 0.1) is 13.8 Å². The van der Waals surface area contributed by atoms with E-state index in [9.17, 15) is 0 Å². The van der Waals surface area contributed by atoms with Crippen LogP contribution in [0.25, 0.3) is 0 Å². The molecule has 2 nitrogen and oxygen atoms in total. The molecule has 1 aliphatic rings. The summed E-state index contributed by atoms with van der Waals surface area (Å²) in [6.07, 6.45) is 5.32. The number of hydrogen-bond acceptors (Lipinski definition) is 2. The summed E-state index contributed by atoms with van der Waals surface area (Å²) < 4.78 is 5.50. The zero-order valence-corrected chi connectivity index (χ0v) is 12.3. The zero-order chi connectivity index (χ0) is 13.7. The first kappa shape index (κ1) is 14.1. The molecule has 1 atom stereocenters. The molecule has 104 valence electrons. The third kappa shape index (κ3) is 3.84. The van der Waals surface area contributed by atoms with Gasteiger partial charge in [0.25, 0.3) is 0 Å². The zero-order valence-electron chi connectivity index (χ0n) is 12.3. The van der Waals surface area contributed by atoms with Crippen LogP contribution in [0.15, 0.2) is 30.0 Å². The van der Waals surface area contributed by atoms with Crippen LogP contribution >= 0.6 is 0 Å². The molecule has 1 aromatic carbocycles. The molecule has 2 heteroatoms. The van der Waals surface area contributed by atoms with Gasteiger partial charge in [-0.3, -0.25) is 0 Å². The fourth-order valence-electron chi connectivity index (χ4n) is 2.66. The van der Waals surface area contributed by atoms with Gasteiger partial charge in [-0.15, -0.1) is 0 Å². The number of ether oxygens (including phenoxy) is 1. The molecule has 1 heterocycles. The van der Waals surface area contributed by atoms with Crippen molar-refractivity contribution in [3.05, 3.63) is 46.7 Å². The van der Waals surface area contributed by atoms with Crippen molar-refractivity contribution < 1.29 is 4.74 Å². The van der Waals surface area contributed by atoms with Crippen molar-refractivity contribution in [2.45, 2.75) is 46.1 Å². The Morgan fingerprint density at radius 1 is 1.32 bits per heavy atom. The third-order valence-corrected chi connectivity index (χ3v) is 3.79. The first-order valence-electron chi connectivity index (χ1n) is 7.30. The van der Waals surface area contributed by atoms with Crippen LogP contribution in [0.5, 0.6) is 0 Å². The smallest absolute Gasteiger partial charge is 0.0876 e. The van der Waals surface area contributed by atoms with Crippen LogP contribution < -0.4 is 5.32 Å². The second kappa shape index (κ2) is 6.76. The summed E-state index contributed by atoms with van der Waals surface area (Å²) in [6.45, 7) is 8.39. The molecule has 0 aliphatic carbocycles. The highest BCUT2D eigenvalue weighted by Gasteiger charge is 2.17. The highest BCUT2D eigenvalue weighted by Crippen LogP contribution is 2.21. The molecule has 19 heavy (non-hydrogen) atoms. The first-order chi connectivity index (χ1) is 9.20. The molecule has 0 bridgehead atoms. The average Bonchev–Trinajstić information content (AvgIpc) is 2.43. The SMILES string of the molecule is CCNC(Cc1cc(C)ccc1C)C1=COCCC1. The van der Waals surface area contributed by atoms with Gasteiger partial charge in [-0.1, -0.05) is 30.7 Å². The third-order valence-electron chi connectivity index (χ3n) is 3.79. The Bertz CT molecular complexity index is 451. The van der Waals surface area contributed by atoms with E-state index < -0.39 is 0 Å². The van der Waals surface area contributed by atoms with Gasteiger partial charge in [0.05, 0.1) is 12.9 Å². The second-order valence-electron chi connectivity index (χ2n) is 5.41. The number of aryl methyl sites for hydroxylation is 2. The van der Waals surface area contributed by atoms with Crippen molar-refractivity contribution in [3.63, 3.8) is 0 Å². The molecule has 0 fully saturated rings. The van der Waals surface area contributed by atoms with Gasteiger partial charge >= 0.3 is 0 Å². The Morgan fingerprint density at radius 3 is 2.84 bits per heavy atom. The molecule has 0 saturated carbocycles. The Kier molecular flexibility index (Phi) is 5.03. The van der Waals surface area contributed by atoms with Crippen molar-refractivity contribution in [1.82, 2.24) is 5.32 Å². The fraction of sp³-hybridized carbons (Fsp3) is 0.529. The van der Waals surface area contributed by atoms with Crippen LogP contribution in [0.4, 0.5) is 0 Å². The van der Waals surface area contributed by atoms with Gasteiger partial charge in [-0.2, -0.15) is 0 Å². The van der Waals surface area contributed by atoms with Gasteiger partial charge in [-0.05, 0) is 56.4 Å². The largest absolute Gasteiger partial charge is 0.501 e. The molecule has 1 N–H and O–H groups in total. The summed E-state index contributed by atoms with van der Waals surface area (Å²) in [5.74, 6) is 0. The number of rotatable bonds is 5. The van der Waals surface area contributed by atoms with Crippen molar-refractivity contribution in [2.75, 3.05) is 13.2 Å². The molecular weight excluding hydrogens is 234 g/mol. The van der Waals surface area contributed by atoms with Crippen molar-refractivity contribution in [2.24, 2.45) is 0 Å². The summed E-state index contributed by atoms with van der Waals surface area (Å²) in [6, 6.07) is 7.12. The second-order valence-corrected chi connectivity index (χ2v) is 5.41. The quantitative estimate of drug-likeness (QED) is 0.873. The van der Waals surface area contributed by atoms with Crippen LogP contribution in [0.1, 0.15) is 36.5 Å². The van der Waals surface area contributed by atoms with E-state index in [2.05, 4.69) is 44.3 Å². The number of nitrogens with one attached hydrogen (secondary N) is 1. The van der Waals surface area contributed by atoms with Gasteiger partial charge in [0.2, 0.25) is 0 Å². The predicted octanol–water partition coefficient (Wildman–Crippen LogP) is 3.52. The summed E-state index contributed by atoms with van der Waals surface area (Å²) in [4.78, 5) is 0. The van der Waals surface area contributed by atoms with Crippen LogP contribution in [0.2, 0.25) is 0 Å². The van der Waals surface area contributed by atoms with E-state index in [1.54, 1.807) is 0 Å². The predicted molar refractivity (Wildman–Crippen MR) is 80.4 cm³/mol. The standard InChI is InChI=1S/C17H25NO/c1-4-18-17(15-6-5-9-19-12-15)11-16-10-13(2)7-8-14(16)3/h7-8,10,12,17-18H,4-6,9,11H2,1-3H3.